The average Bonchev–Trinajstić information content (AvgIpc) is 3.31. The molecule has 1 aliphatic heterocycles. The summed E-state index contributed by atoms with van der Waals surface area (Å²) in [5.74, 6) is 1.01. The minimum Gasteiger partial charge on any atom is -0.356 e. The van der Waals surface area contributed by atoms with Gasteiger partial charge in [-0.1, -0.05) is 30.3 Å². The van der Waals surface area contributed by atoms with Crippen LogP contribution in [0.15, 0.2) is 35.3 Å². The minimum absolute atomic E-state index is 0. The first kappa shape index (κ1) is 20.4. The average molecular weight is 478 g/mol. The van der Waals surface area contributed by atoms with Crippen molar-refractivity contribution >= 4 is 40.0 Å². The summed E-state index contributed by atoms with van der Waals surface area (Å²) in [5, 5.41) is 6.61. The lowest BCUT2D eigenvalue weighted by Crippen LogP contribution is -2.44. The molecule has 0 amide bonds. The fraction of sp³-hybridized carbons (Fsp3) is 0.588. The lowest BCUT2D eigenvalue weighted by atomic mass is 9.96. The van der Waals surface area contributed by atoms with Crippen molar-refractivity contribution in [2.24, 2.45) is 4.99 Å². The quantitative estimate of drug-likeness (QED) is 0.370. The van der Waals surface area contributed by atoms with Crippen LogP contribution in [0.3, 0.4) is 0 Å². The third-order valence-corrected chi connectivity index (χ3v) is 6.87. The van der Waals surface area contributed by atoms with Crippen LogP contribution in [0.2, 0.25) is 0 Å². The van der Waals surface area contributed by atoms with E-state index in [0.717, 1.165) is 18.9 Å². The van der Waals surface area contributed by atoms with Crippen LogP contribution < -0.4 is 10.6 Å². The maximum Gasteiger partial charge on any atom is 0.214 e. The topological polar surface area (TPSA) is 73.8 Å². The molecule has 0 spiro atoms. The van der Waals surface area contributed by atoms with E-state index in [2.05, 4.69) is 39.9 Å². The van der Waals surface area contributed by atoms with Gasteiger partial charge in [-0.25, -0.2) is 12.7 Å². The molecule has 6 nitrogen and oxygen atoms in total. The Balaban J connectivity index is 0.00000225. The maximum atomic E-state index is 11.8. The predicted molar refractivity (Wildman–Crippen MR) is 112 cm³/mol. The molecule has 1 saturated carbocycles. The number of nitrogens with zero attached hydrogens (tertiary/aromatic N) is 2. The van der Waals surface area contributed by atoms with E-state index in [1.807, 2.05) is 6.07 Å². The van der Waals surface area contributed by atoms with Crippen molar-refractivity contribution in [3.63, 3.8) is 0 Å². The van der Waals surface area contributed by atoms with Crippen molar-refractivity contribution in [2.75, 3.05) is 39.0 Å². The van der Waals surface area contributed by atoms with Crippen molar-refractivity contribution in [2.45, 2.75) is 24.7 Å². The molecule has 140 valence electrons. The molecule has 1 saturated heterocycles. The van der Waals surface area contributed by atoms with Gasteiger partial charge in [0.05, 0.1) is 5.75 Å². The number of rotatable bonds is 6. The Morgan fingerprint density at radius 1 is 1.24 bits per heavy atom. The Hall–Kier alpha value is -0.870. The molecule has 8 heteroatoms. The first-order valence-corrected chi connectivity index (χ1v) is 10.1. The number of hydrogen-bond donors (Lipinski definition) is 2. The van der Waals surface area contributed by atoms with E-state index >= 15 is 0 Å². The van der Waals surface area contributed by atoms with Crippen molar-refractivity contribution in [3.8, 4) is 0 Å². The lowest BCUT2D eigenvalue weighted by molar-refractivity contribution is 0.444. The van der Waals surface area contributed by atoms with Crippen LogP contribution in [-0.4, -0.2) is 57.7 Å². The lowest BCUT2D eigenvalue weighted by Gasteiger charge is -2.20. The fourth-order valence-corrected chi connectivity index (χ4v) is 4.75. The molecule has 0 aromatic heterocycles. The van der Waals surface area contributed by atoms with Gasteiger partial charge in [-0.2, -0.15) is 0 Å². The van der Waals surface area contributed by atoms with Crippen LogP contribution in [0.5, 0.6) is 0 Å². The van der Waals surface area contributed by atoms with Gasteiger partial charge in [0.15, 0.2) is 5.96 Å². The monoisotopic (exact) mass is 478 g/mol. The third-order valence-electron chi connectivity index (χ3n) is 4.91. The first-order valence-electron chi connectivity index (χ1n) is 8.54. The first-order chi connectivity index (χ1) is 11.6. The third kappa shape index (κ3) is 5.07. The molecule has 3 rings (SSSR count). The number of guanidine groups is 1. The second kappa shape index (κ2) is 8.68. The number of sulfonamides is 1. The van der Waals surface area contributed by atoms with E-state index in [0.29, 0.717) is 19.6 Å². The Morgan fingerprint density at radius 2 is 1.96 bits per heavy atom. The Bertz CT molecular complexity index is 690. The summed E-state index contributed by atoms with van der Waals surface area (Å²) in [6, 6.07) is 10.6. The van der Waals surface area contributed by atoms with Crippen LogP contribution in [0.25, 0.3) is 0 Å². The van der Waals surface area contributed by atoms with E-state index in [1.54, 1.807) is 11.4 Å². The highest BCUT2D eigenvalue weighted by Crippen LogP contribution is 2.47. The summed E-state index contributed by atoms with van der Waals surface area (Å²) >= 11 is 0. The summed E-state index contributed by atoms with van der Waals surface area (Å²) < 4.78 is 25.1. The summed E-state index contributed by atoms with van der Waals surface area (Å²) in [4.78, 5) is 4.24. The maximum absolute atomic E-state index is 11.8. The van der Waals surface area contributed by atoms with Gasteiger partial charge >= 0.3 is 0 Å². The van der Waals surface area contributed by atoms with Gasteiger partial charge in [-0.3, -0.25) is 4.99 Å². The van der Waals surface area contributed by atoms with Gasteiger partial charge in [-0.05, 0) is 24.8 Å². The molecule has 1 aromatic rings. The molecule has 25 heavy (non-hydrogen) atoms. The van der Waals surface area contributed by atoms with Gasteiger partial charge in [0.1, 0.15) is 0 Å². The Labute approximate surface area is 167 Å². The van der Waals surface area contributed by atoms with Crippen molar-refractivity contribution in [1.29, 1.82) is 0 Å². The molecule has 0 radical (unpaired) electrons. The van der Waals surface area contributed by atoms with Gasteiger partial charge in [0.25, 0.3) is 0 Å². The van der Waals surface area contributed by atoms with Crippen LogP contribution in [0.1, 0.15) is 24.8 Å². The second-order valence-electron chi connectivity index (χ2n) is 6.57. The predicted octanol–water partition coefficient (Wildman–Crippen LogP) is 1.54. The van der Waals surface area contributed by atoms with Crippen molar-refractivity contribution < 1.29 is 8.42 Å². The summed E-state index contributed by atoms with van der Waals surface area (Å²) in [6.45, 7) is 2.54. The van der Waals surface area contributed by atoms with Crippen molar-refractivity contribution in [3.05, 3.63) is 35.9 Å². The number of aliphatic imine (C=N–C) groups is 1. The van der Waals surface area contributed by atoms with Gasteiger partial charge < -0.3 is 10.6 Å². The van der Waals surface area contributed by atoms with E-state index < -0.39 is 10.0 Å². The van der Waals surface area contributed by atoms with Crippen LogP contribution >= 0.6 is 24.0 Å². The van der Waals surface area contributed by atoms with Crippen LogP contribution in [-0.2, 0) is 15.4 Å². The van der Waals surface area contributed by atoms with Crippen LogP contribution in [0, 0.1) is 0 Å². The standard InChI is InChI=1S/C17H26N4O2S.HI/c1-18-16(19-10-12-21-11-5-13-24(21,22)23)20-14-17(8-9-17)15-6-3-2-4-7-15;/h2-4,6-7H,5,8-14H2,1H3,(H2,18,19,20);1H. The summed E-state index contributed by atoms with van der Waals surface area (Å²) in [7, 11) is -1.28. The zero-order valence-electron chi connectivity index (χ0n) is 14.6. The molecule has 1 heterocycles. The Morgan fingerprint density at radius 3 is 2.52 bits per heavy atom. The molecule has 1 aromatic carbocycles. The zero-order chi connectivity index (χ0) is 17.0. The zero-order valence-corrected chi connectivity index (χ0v) is 17.7. The summed E-state index contributed by atoms with van der Waals surface area (Å²) in [6.07, 6.45) is 3.11. The van der Waals surface area contributed by atoms with Crippen LogP contribution in [0.4, 0.5) is 0 Å². The number of halogens is 1. The Kier molecular flexibility index (Phi) is 7.10. The number of nitrogens with one attached hydrogen (secondary N) is 2. The van der Waals surface area contributed by atoms with Crippen molar-refractivity contribution in [1.82, 2.24) is 14.9 Å². The highest BCUT2D eigenvalue weighted by molar-refractivity contribution is 14.0. The highest BCUT2D eigenvalue weighted by atomic mass is 127. The minimum atomic E-state index is -3.02. The highest BCUT2D eigenvalue weighted by Gasteiger charge is 2.44. The fourth-order valence-electron chi connectivity index (χ4n) is 3.23. The molecule has 2 aliphatic rings. The molecule has 2 fully saturated rings. The van der Waals surface area contributed by atoms with Gasteiger partial charge in [0, 0.05) is 38.6 Å². The van der Waals surface area contributed by atoms with E-state index in [-0.39, 0.29) is 35.1 Å². The molecule has 2 N–H and O–H groups in total. The van der Waals surface area contributed by atoms with E-state index in [9.17, 15) is 8.42 Å². The van der Waals surface area contributed by atoms with Gasteiger partial charge in [0.2, 0.25) is 10.0 Å². The normalized spacial score (nSPS) is 21.4. The molecule has 0 bridgehead atoms. The smallest absolute Gasteiger partial charge is 0.214 e. The number of benzene rings is 1. The molecule has 0 atom stereocenters. The number of hydrogen-bond acceptors (Lipinski definition) is 3. The van der Waals surface area contributed by atoms with E-state index in [4.69, 9.17) is 0 Å². The molecular formula is C17H27IN4O2S. The van der Waals surface area contributed by atoms with Gasteiger partial charge in [-0.15, -0.1) is 24.0 Å². The summed E-state index contributed by atoms with van der Waals surface area (Å²) in [5.41, 5.74) is 1.59. The largest absolute Gasteiger partial charge is 0.356 e. The molecule has 1 aliphatic carbocycles. The van der Waals surface area contributed by atoms with E-state index in [1.165, 1.54) is 18.4 Å². The second-order valence-corrected chi connectivity index (χ2v) is 8.66. The molecule has 0 unspecified atom stereocenters. The molecular weight excluding hydrogens is 451 g/mol. The SMILES string of the molecule is CN=C(NCCN1CCCS1(=O)=O)NCC1(c2ccccc2)CC1.I.